The number of hydrogen-bond donors (Lipinski definition) is 1. The number of thiophene rings is 1. The van der Waals surface area contributed by atoms with Gasteiger partial charge >= 0.3 is 5.97 Å². The summed E-state index contributed by atoms with van der Waals surface area (Å²) in [6, 6.07) is 1.70. The number of hydrogen-bond acceptors (Lipinski definition) is 3. The van der Waals surface area contributed by atoms with E-state index in [1.54, 1.807) is 6.07 Å². The molecule has 0 unspecified atom stereocenters. The highest BCUT2D eigenvalue weighted by Gasteiger charge is 2.22. The third-order valence-corrected chi connectivity index (χ3v) is 3.49. The monoisotopic (exact) mass is 238 g/mol. The van der Waals surface area contributed by atoms with Crippen LogP contribution in [0.3, 0.4) is 0 Å². The van der Waals surface area contributed by atoms with Gasteiger partial charge in [0, 0.05) is 5.39 Å². The zero-order chi connectivity index (χ0) is 12.1. The lowest BCUT2D eigenvalue weighted by molar-refractivity contribution is 0.0702. The number of carboxylic acids is 1. The Morgan fingerprint density at radius 1 is 1.50 bits per heavy atom. The number of nitrogens with zero attached hydrogens (tertiary/aromatic N) is 2. The summed E-state index contributed by atoms with van der Waals surface area (Å²) in [7, 11) is 0. The van der Waals surface area contributed by atoms with Crippen LogP contribution in [0.1, 0.15) is 36.1 Å². The molecule has 0 aliphatic heterocycles. The first-order valence-corrected chi connectivity index (χ1v) is 5.85. The van der Waals surface area contributed by atoms with Gasteiger partial charge in [-0.1, -0.05) is 0 Å². The van der Waals surface area contributed by atoms with E-state index in [1.165, 1.54) is 11.3 Å². The molecule has 0 atom stereocenters. The van der Waals surface area contributed by atoms with Gasteiger partial charge < -0.3 is 5.11 Å². The third-order valence-electron chi connectivity index (χ3n) is 2.39. The molecule has 0 aromatic carbocycles. The van der Waals surface area contributed by atoms with Crippen molar-refractivity contribution in [3.63, 3.8) is 0 Å². The molecule has 0 radical (unpaired) electrons. The van der Waals surface area contributed by atoms with E-state index in [-0.39, 0.29) is 5.54 Å². The predicted molar refractivity (Wildman–Crippen MR) is 64.3 cm³/mol. The molecule has 0 saturated carbocycles. The number of aryl methyl sites for hydroxylation is 1. The van der Waals surface area contributed by atoms with Crippen molar-refractivity contribution < 1.29 is 9.90 Å². The molecule has 86 valence electrons. The predicted octanol–water partition coefficient (Wildman–Crippen LogP) is 2.86. The first kappa shape index (κ1) is 11.1. The molecule has 0 aliphatic rings. The van der Waals surface area contributed by atoms with Gasteiger partial charge in [0.15, 0.2) is 0 Å². The van der Waals surface area contributed by atoms with Crippen molar-refractivity contribution in [1.29, 1.82) is 0 Å². The highest BCUT2D eigenvalue weighted by Crippen LogP contribution is 2.31. The molecule has 5 heteroatoms. The first-order valence-electron chi connectivity index (χ1n) is 5.03. The second-order valence-electron chi connectivity index (χ2n) is 4.80. The van der Waals surface area contributed by atoms with Crippen LogP contribution in [-0.2, 0) is 5.54 Å². The summed E-state index contributed by atoms with van der Waals surface area (Å²) >= 11 is 1.28. The fourth-order valence-corrected chi connectivity index (χ4v) is 2.80. The lowest BCUT2D eigenvalue weighted by atomic mass is 10.1. The fraction of sp³-hybridized carbons (Fsp3) is 0.455. The zero-order valence-corrected chi connectivity index (χ0v) is 10.6. The Morgan fingerprint density at radius 3 is 2.62 bits per heavy atom. The smallest absolute Gasteiger partial charge is 0.345 e. The van der Waals surface area contributed by atoms with Crippen molar-refractivity contribution in [2.24, 2.45) is 0 Å². The number of carboxylic acid groups (broad SMARTS) is 1. The van der Waals surface area contributed by atoms with Crippen molar-refractivity contribution in [2.45, 2.75) is 33.2 Å². The van der Waals surface area contributed by atoms with Crippen molar-refractivity contribution in [3.8, 4) is 0 Å². The Labute approximate surface area is 97.5 Å². The standard InChI is InChI=1S/C11H14N2O2S/c1-6-7-5-8(10(14)15)16-9(7)13(12-6)11(2,3)4/h5H,1-4H3,(H,14,15). The van der Waals surface area contributed by atoms with E-state index in [0.29, 0.717) is 4.88 Å². The van der Waals surface area contributed by atoms with Gasteiger partial charge in [0.2, 0.25) is 0 Å². The maximum atomic E-state index is 10.9. The molecular weight excluding hydrogens is 224 g/mol. The number of fused-ring (bicyclic) bond motifs is 1. The van der Waals surface area contributed by atoms with E-state index < -0.39 is 5.97 Å². The second kappa shape index (κ2) is 3.31. The van der Waals surface area contributed by atoms with Crippen LogP contribution in [-0.4, -0.2) is 20.9 Å². The minimum atomic E-state index is -0.874. The molecule has 0 saturated heterocycles. The van der Waals surface area contributed by atoms with Crippen LogP contribution >= 0.6 is 11.3 Å². The SMILES string of the molecule is Cc1nn(C(C)(C)C)c2sc(C(=O)O)cc12. The maximum absolute atomic E-state index is 10.9. The van der Waals surface area contributed by atoms with Gasteiger partial charge in [-0.05, 0) is 33.8 Å². The summed E-state index contributed by atoms with van der Waals surface area (Å²) in [6.07, 6.45) is 0. The molecule has 0 aliphatic carbocycles. The minimum absolute atomic E-state index is 0.132. The van der Waals surface area contributed by atoms with E-state index in [2.05, 4.69) is 25.9 Å². The number of aromatic nitrogens is 2. The molecule has 0 spiro atoms. The van der Waals surface area contributed by atoms with Gasteiger partial charge in [-0.25, -0.2) is 9.48 Å². The Bertz CT molecular complexity index is 560. The Morgan fingerprint density at radius 2 is 2.12 bits per heavy atom. The highest BCUT2D eigenvalue weighted by molar-refractivity contribution is 7.20. The molecule has 4 nitrogen and oxygen atoms in total. The van der Waals surface area contributed by atoms with Crippen LogP contribution < -0.4 is 0 Å². The van der Waals surface area contributed by atoms with Gasteiger partial charge in [0.05, 0.1) is 11.2 Å². The van der Waals surface area contributed by atoms with Gasteiger partial charge in [-0.3, -0.25) is 0 Å². The highest BCUT2D eigenvalue weighted by atomic mass is 32.1. The molecule has 1 N–H and O–H groups in total. The van der Waals surface area contributed by atoms with Gasteiger partial charge in [-0.15, -0.1) is 11.3 Å². The van der Waals surface area contributed by atoms with E-state index in [0.717, 1.165) is 15.9 Å². The van der Waals surface area contributed by atoms with E-state index in [4.69, 9.17) is 5.11 Å². The molecule has 2 aromatic rings. The summed E-state index contributed by atoms with van der Waals surface area (Å²) in [5.41, 5.74) is 0.751. The summed E-state index contributed by atoms with van der Waals surface area (Å²) in [5.74, 6) is -0.874. The van der Waals surface area contributed by atoms with Crippen LogP contribution in [0.4, 0.5) is 0 Å². The van der Waals surface area contributed by atoms with Crippen LogP contribution in [0.15, 0.2) is 6.07 Å². The summed E-state index contributed by atoms with van der Waals surface area (Å²) in [6.45, 7) is 8.07. The van der Waals surface area contributed by atoms with Crippen LogP contribution in [0.5, 0.6) is 0 Å². The molecular formula is C11H14N2O2S. The van der Waals surface area contributed by atoms with Crippen molar-refractivity contribution >= 4 is 27.5 Å². The first-order chi connectivity index (χ1) is 7.30. The number of carbonyl (C=O) groups is 1. The average Bonchev–Trinajstić information content (AvgIpc) is 2.65. The molecule has 2 aromatic heterocycles. The van der Waals surface area contributed by atoms with Gasteiger partial charge in [-0.2, -0.15) is 5.10 Å². The van der Waals surface area contributed by atoms with Crippen LogP contribution in [0.2, 0.25) is 0 Å². The normalized spacial score (nSPS) is 12.2. The van der Waals surface area contributed by atoms with Crippen molar-refractivity contribution in [3.05, 3.63) is 16.6 Å². The van der Waals surface area contributed by atoms with Crippen LogP contribution in [0.25, 0.3) is 10.2 Å². The van der Waals surface area contributed by atoms with Crippen molar-refractivity contribution in [1.82, 2.24) is 9.78 Å². The van der Waals surface area contributed by atoms with Gasteiger partial charge in [0.1, 0.15) is 9.71 Å². The lowest BCUT2D eigenvalue weighted by Gasteiger charge is -2.19. The largest absolute Gasteiger partial charge is 0.477 e. The maximum Gasteiger partial charge on any atom is 0.345 e. The van der Waals surface area contributed by atoms with E-state index >= 15 is 0 Å². The number of aromatic carboxylic acids is 1. The summed E-state index contributed by atoms with van der Waals surface area (Å²) in [4.78, 5) is 12.2. The molecule has 2 rings (SSSR count). The second-order valence-corrected chi connectivity index (χ2v) is 5.83. The summed E-state index contributed by atoms with van der Waals surface area (Å²) in [5, 5.41) is 14.4. The molecule has 16 heavy (non-hydrogen) atoms. The zero-order valence-electron chi connectivity index (χ0n) is 9.74. The van der Waals surface area contributed by atoms with Gasteiger partial charge in [0.25, 0.3) is 0 Å². The fourth-order valence-electron chi connectivity index (χ4n) is 1.61. The quantitative estimate of drug-likeness (QED) is 0.831. The Hall–Kier alpha value is -1.36. The Balaban J connectivity index is 2.73. The molecule has 0 fully saturated rings. The van der Waals surface area contributed by atoms with E-state index in [1.807, 2.05) is 11.6 Å². The summed E-state index contributed by atoms with van der Waals surface area (Å²) < 4.78 is 1.90. The van der Waals surface area contributed by atoms with E-state index in [9.17, 15) is 4.79 Å². The van der Waals surface area contributed by atoms with Crippen LogP contribution in [0, 0.1) is 6.92 Å². The number of rotatable bonds is 1. The minimum Gasteiger partial charge on any atom is -0.477 e. The topological polar surface area (TPSA) is 55.1 Å². The third kappa shape index (κ3) is 1.61. The Kier molecular flexibility index (Phi) is 2.31. The van der Waals surface area contributed by atoms with Crippen molar-refractivity contribution in [2.75, 3.05) is 0 Å². The molecule has 0 bridgehead atoms. The lowest BCUT2D eigenvalue weighted by Crippen LogP contribution is -2.22. The average molecular weight is 238 g/mol. The molecule has 0 amide bonds. The molecule has 2 heterocycles.